The molecule has 0 bridgehead atoms. The highest BCUT2D eigenvalue weighted by atomic mass is 32.2. The Kier molecular flexibility index (Phi) is 57.1. The fraction of sp³-hybridized carbons (Fsp3) is 0.674. The van der Waals surface area contributed by atoms with Crippen LogP contribution < -0.4 is 102 Å². The predicted molar refractivity (Wildman–Crippen MR) is 546 cm³/mol. The van der Waals surface area contributed by atoms with Crippen LogP contribution in [0.15, 0.2) is 54.6 Å². The Labute approximate surface area is 846 Å². The van der Waals surface area contributed by atoms with Gasteiger partial charge in [0.15, 0.2) is 5.96 Å². The number of hydrogen-bond acceptors (Lipinski definition) is 26. The van der Waals surface area contributed by atoms with Crippen LogP contribution in [0.25, 0.3) is 0 Å². The lowest BCUT2D eigenvalue weighted by molar-refractivity contribution is -0.143. The number of aliphatic carboxylic acids is 1. The summed E-state index contributed by atoms with van der Waals surface area (Å²) in [5, 5.41) is 83.5. The first-order valence-electron chi connectivity index (χ1n) is 48.2. The maximum absolute atomic E-state index is 14.9. The molecule has 3 rings (SSSR count). The summed E-state index contributed by atoms with van der Waals surface area (Å²) in [4.78, 5) is 256. The van der Waals surface area contributed by atoms with Crippen LogP contribution in [0.5, 0.6) is 5.75 Å². The molecule has 141 heavy (non-hydrogen) atoms. The van der Waals surface area contributed by atoms with Crippen molar-refractivity contribution < 1.29 is 102 Å². The standard InChI is InChI=1S/C95H157N21O21S4/c1-19-55(13)76(114-79(121)61(96)34-39-139-16)91(133)109-67(44-52(7)8)86(128)112-74(53(9)10)89(131)100-47-73(119)102-62(28-24-37-99-95(97)98)80(122)110-70(48-117)93(135)116-38-25-29-72(116)88(130)107-65(42-50(3)4)83(125)101-57(15)78(120)105-68(45-58-26-22-21-23-27-58)85(127)104-63(35-40-140-17)81(123)103-64(36-41-141-18)82(124)115-77(56(14)20-2)92(134)108-66(43-51(5)6)84(126)106-69(46-59-30-32-60(118)33-31-59)87(129)113-75(54(11)12)90(132)111-71(49-138)94(136)137/h21-23,26-27,30-33,50-57,61-72,74-77,117-118,138H,19-20,24-25,28-29,34-49,96H2,1-18H3,(H,100,131)(H,101,125)(H,102,119)(H,103,123)(H,104,127)(H,105,120)(H,106,126)(H,107,130)(H,108,134)(H,109,133)(H,110,122)(H,111,132)(H,112,128)(H,113,129)(H,114,121)(H,115,124)(H,136,137)(H4,97,98,99)/t55-,56-,57-,61-,62-,63-,64-,65-,66-,67-,68-,69-,70-,71-,72-,74-,75-,76-,77-/m0/s1. The molecule has 1 aliphatic heterocycles. The van der Waals surface area contributed by atoms with Gasteiger partial charge < -0.3 is 122 Å². The molecule has 46 heteroatoms. The number of carboxylic acid groups (broad SMARTS) is 1. The SMILES string of the molecule is CC[C@H](C)[C@H](NC(=O)[C@H](CCSC)NC(=O)[C@H](CCSC)NC(=O)[C@H](Cc1ccccc1)NC(=O)[C@H](C)NC(=O)[C@H](CC(C)C)NC(=O)[C@@H]1CCCN1C(=O)[C@H](CO)NC(=O)[C@H](CCCNC(=N)N)NC(=O)CNC(=O)[C@@H](NC(=O)[C@H](CC(C)C)NC(=O)[C@@H](NC(=O)[C@@H](N)CCSC)[C@@H](C)CC)C(C)C)C(=O)N[C@@H](CC(C)C)C(=O)N[C@@H](Cc1ccc(O)cc1)C(=O)N[C@H](C(=O)N[C@@H](CS)C(=O)O)C(C)C. The first-order chi connectivity index (χ1) is 66.5. The second-order valence-corrected chi connectivity index (χ2v) is 40.9. The Bertz CT molecular complexity index is 4430. The zero-order valence-corrected chi connectivity index (χ0v) is 87.9. The number of hydrogen-bond donors (Lipinski definition) is 24. The number of aliphatic hydroxyl groups excluding tert-OH is 1. The molecule has 2 aromatic carbocycles. The van der Waals surface area contributed by atoms with E-state index in [1.54, 1.807) is 119 Å². The summed E-state index contributed by atoms with van der Waals surface area (Å²) < 4.78 is 0. The molecule has 19 atom stereocenters. The van der Waals surface area contributed by atoms with Gasteiger partial charge in [0.1, 0.15) is 102 Å². The summed E-state index contributed by atoms with van der Waals surface area (Å²) >= 11 is 8.25. The van der Waals surface area contributed by atoms with E-state index in [0.717, 1.165) is 4.90 Å². The van der Waals surface area contributed by atoms with Crippen molar-refractivity contribution in [1.82, 2.24) is 95.3 Å². The number of aliphatic hydroxyl groups is 1. The largest absolute Gasteiger partial charge is 0.508 e. The number of amides is 17. The molecule has 0 saturated carbocycles. The fourth-order valence-corrected chi connectivity index (χ4v) is 16.8. The first kappa shape index (κ1) is 124. The van der Waals surface area contributed by atoms with Crippen LogP contribution in [-0.2, 0) is 99.1 Å². The second kappa shape index (κ2) is 64.7. The van der Waals surface area contributed by atoms with E-state index in [1.807, 2.05) is 27.0 Å². The van der Waals surface area contributed by atoms with E-state index in [0.29, 0.717) is 47.6 Å². The third-order valence-corrected chi connectivity index (χ3v) is 26.0. The molecule has 42 nitrogen and oxygen atoms in total. The summed E-state index contributed by atoms with van der Waals surface area (Å²) in [6.07, 6.45) is 6.71. The fourth-order valence-electron chi connectivity index (χ4n) is 15.1. The van der Waals surface area contributed by atoms with Crippen LogP contribution in [0.4, 0.5) is 0 Å². The average molecular weight is 2060 g/mol. The number of guanidine groups is 1. The molecule has 1 heterocycles. The molecular formula is C95H157N21O21S4. The summed E-state index contributed by atoms with van der Waals surface area (Å²) in [7, 11) is 0. The van der Waals surface area contributed by atoms with Crippen LogP contribution in [-0.4, -0.2) is 303 Å². The van der Waals surface area contributed by atoms with Gasteiger partial charge in [-0.15, -0.1) is 0 Å². The smallest absolute Gasteiger partial charge is 0.327 e. The molecule has 792 valence electrons. The van der Waals surface area contributed by atoms with E-state index in [1.165, 1.54) is 66.5 Å². The van der Waals surface area contributed by atoms with Gasteiger partial charge in [-0.05, 0) is 172 Å². The molecule has 0 spiro atoms. The van der Waals surface area contributed by atoms with Gasteiger partial charge in [0.05, 0.1) is 19.2 Å². The first-order valence-corrected chi connectivity index (χ1v) is 53.0. The minimum atomic E-state index is -1.72. The Morgan fingerprint density at radius 2 is 0.823 bits per heavy atom. The minimum absolute atomic E-state index is 0.0000846. The third-order valence-electron chi connectivity index (χ3n) is 23.7. The van der Waals surface area contributed by atoms with Gasteiger partial charge in [0.2, 0.25) is 100 Å². The number of nitrogens with two attached hydrogens (primary N) is 2. The lowest BCUT2D eigenvalue weighted by atomic mass is 9.96. The van der Waals surface area contributed by atoms with Crippen molar-refractivity contribution in [2.24, 2.45) is 52.9 Å². The summed E-state index contributed by atoms with van der Waals surface area (Å²) in [5.41, 5.74) is 12.7. The number of phenolic OH excluding ortho intramolecular Hbond substituents is 1. The van der Waals surface area contributed by atoms with E-state index in [9.17, 15) is 102 Å². The third kappa shape index (κ3) is 44.4. The maximum atomic E-state index is 14.9. The van der Waals surface area contributed by atoms with Crippen molar-refractivity contribution in [3.63, 3.8) is 0 Å². The van der Waals surface area contributed by atoms with E-state index in [2.05, 4.69) is 103 Å². The van der Waals surface area contributed by atoms with Crippen LogP contribution in [0.3, 0.4) is 0 Å². The molecule has 2 aromatic rings. The summed E-state index contributed by atoms with van der Waals surface area (Å²) in [6.45, 7) is 24.0. The molecule has 17 amide bonds. The quantitative estimate of drug-likeness (QED) is 0.0179. The van der Waals surface area contributed by atoms with Crippen molar-refractivity contribution in [3.8, 4) is 5.75 Å². The normalized spacial score (nSPS) is 16.3. The number of thiol groups is 1. The topological polar surface area (TPSA) is 652 Å². The lowest BCUT2D eigenvalue weighted by Gasteiger charge is -2.30. The number of likely N-dealkylation sites (tertiary alicyclic amines) is 1. The molecule has 1 saturated heterocycles. The van der Waals surface area contributed by atoms with Crippen LogP contribution in [0, 0.1) is 46.8 Å². The Morgan fingerprint density at radius 1 is 0.440 bits per heavy atom. The van der Waals surface area contributed by atoms with Gasteiger partial charge in [-0.25, -0.2) is 4.79 Å². The molecular weight excluding hydrogens is 1900 g/mol. The maximum Gasteiger partial charge on any atom is 0.327 e. The van der Waals surface area contributed by atoms with Gasteiger partial charge in [-0.2, -0.15) is 47.9 Å². The molecule has 1 fully saturated rings. The highest BCUT2D eigenvalue weighted by molar-refractivity contribution is 7.99. The number of carboxylic acids is 1. The van der Waals surface area contributed by atoms with Gasteiger partial charge in [-0.1, -0.05) is 152 Å². The predicted octanol–water partition coefficient (Wildman–Crippen LogP) is -0.0244. The molecule has 0 aliphatic carbocycles. The van der Waals surface area contributed by atoms with Crippen molar-refractivity contribution in [3.05, 3.63) is 65.7 Å². The summed E-state index contributed by atoms with van der Waals surface area (Å²) in [6, 6.07) is -8.13. The number of benzene rings is 2. The number of nitrogens with one attached hydrogen (secondary N) is 18. The molecule has 0 aromatic heterocycles. The zero-order chi connectivity index (χ0) is 106. The van der Waals surface area contributed by atoms with Gasteiger partial charge in [0, 0.05) is 31.7 Å². The molecule has 25 N–H and O–H groups in total. The van der Waals surface area contributed by atoms with Crippen LogP contribution in [0.2, 0.25) is 0 Å². The highest BCUT2D eigenvalue weighted by Crippen LogP contribution is 2.23. The number of rotatable bonds is 65. The number of nitrogens with zero attached hydrogens (tertiary/aromatic N) is 1. The van der Waals surface area contributed by atoms with E-state index >= 15 is 0 Å². The van der Waals surface area contributed by atoms with Crippen LogP contribution in [0.1, 0.15) is 192 Å². The summed E-state index contributed by atoms with van der Waals surface area (Å²) in [5.74, 6) is -17.4. The van der Waals surface area contributed by atoms with E-state index in [4.69, 9.17) is 16.9 Å². The molecule has 1 aliphatic rings. The Balaban J connectivity index is 1.87. The van der Waals surface area contributed by atoms with Crippen molar-refractivity contribution in [2.45, 2.75) is 296 Å². The van der Waals surface area contributed by atoms with Crippen LogP contribution >= 0.6 is 47.9 Å². The van der Waals surface area contributed by atoms with Crippen molar-refractivity contribution >= 4 is 160 Å². The van der Waals surface area contributed by atoms with Gasteiger partial charge in [-0.3, -0.25) is 86.9 Å². The van der Waals surface area contributed by atoms with E-state index in [-0.39, 0.29) is 119 Å². The number of aromatic hydroxyl groups is 1. The average Bonchev–Trinajstić information content (AvgIpc) is 1.73. The second-order valence-electron chi connectivity index (χ2n) is 37.6. The monoisotopic (exact) mass is 2060 g/mol. The van der Waals surface area contributed by atoms with Crippen molar-refractivity contribution in [1.29, 1.82) is 5.41 Å². The molecule has 0 radical (unpaired) electrons. The highest BCUT2D eigenvalue weighted by Gasteiger charge is 2.43. The van der Waals surface area contributed by atoms with E-state index < -0.39 is 246 Å². The zero-order valence-electron chi connectivity index (χ0n) is 84.6. The lowest BCUT2D eigenvalue weighted by Crippen LogP contribution is -2.62. The minimum Gasteiger partial charge on any atom is -0.508 e. The molecule has 0 unspecified atom stereocenters. The van der Waals surface area contributed by atoms with Gasteiger partial charge >= 0.3 is 5.97 Å². The van der Waals surface area contributed by atoms with Gasteiger partial charge in [0.25, 0.3) is 0 Å². The number of carbonyl (C=O) groups is 18. The van der Waals surface area contributed by atoms with Crippen molar-refractivity contribution in [2.75, 3.05) is 68.0 Å². The Morgan fingerprint density at radius 3 is 1.28 bits per heavy atom. The number of phenols is 1. The number of carbonyl (C=O) groups excluding carboxylic acids is 17. The Hall–Kier alpha value is -10.7. The number of thioether (sulfide) groups is 3.